The third kappa shape index (κ3) is 2.13. The van der Waals surface area contributed by atoms with E-state index in [1.54, 1.807) is 11.1 Å². The standard InChI is InChI=1S/C16H23N/c1-17-16(10-12-6-2-3-7-12)15-11-13-8-4-5-9-14(13)15/h4-5,8-9,12,15-17H,2-3,6-7,10-11H2,1H3. The highest BCUT2D eigenvalue weighted by Crippen LogP contribution is 2.40. The molecule has 1 fully saturated rings. The highest BCUT2D eigenvalue weighted by Gasteiger charge is 2.33. The van der Waals surface area contributed by atoms with Gasteiger partial charge in [0.1, 0.15) is 0 Å². The zero-order valence-electron chi connectivity index (χ0n) is 10.8. The highest BCUT2D eigenvalue weighted by atomic mass is 14.9. The van der Waals surface area contributed by atoms with Crippen LogP contribution in [0.4, 0.5) is 0 Å². The smallest absolute Gasteiger partial charge is 0.0139 e. The molecule has 0 heterocycles. The highest BCUT2D eigenvalue weighted by molar-refractivity contribution is 5.41. The topological polar surface area (TPSA) is 12.0 Å². The second-order valence-electron chi connectivity index (χ2n) is 5.79. The molecule has 2 unspecified atom stereocenters. The van der Waals surface area contributed by atoms with E-state index in [2.05, 4.69) is 36.6 Å². The van der Waals surface area contributed by atoms with E-state index in [0.717, 1.165) is 11.8 Å². The first kappa shape index (κ1) is 11.3. The van der Waals surface area contributed by atoms with Crippen LogP contribution in [0.1, 0.15) is 49.1 Å². The van der Waals surface area contributed by atoms with Crippen LogP contribution in [0.3, 0.4) is 0 Å². The van der Waals surface area contributed by atoms with Crippen molar-refractivity contribution < 1.29 is 0 Å². The summed E-state index contributed by atoms with van der Waals surface area (Å²) in [6.45, 7) is 0. The van der Waals surface area contributed by atoms with Crippen LogP contribution in [0.2, 0.25) is 0 Å². The van der Waals surface area contributed by atoms with Gasteiger partial charge in [0.25, 0.3) is 0 Å². The second kappa shape index (κ2) is 4.81. The van der Waals surface area contributed by atoms with Crippen LogP contribution >= 0.6 is 0 Å². The molecule has 2 atom stereocenters. The molecule has 0 amide bonds. The Morgan fingerprint density at radius 3 is 2.71 bits per heavy atom. The Morgan fingerprint density at radius 2 is 2.00 bits per heavy atom. The molecular formula is C16H23N. The van der Waals surface area contributed by atoms with E-state index in [4.69, 9.17) is 0 Å². The van der Waals surface area contributed by atoms with Crippen molar-refractivity contribution in [2.24, 2.45) is 5.92 Å². The molecule has 0 saturated heterocycles. The van der Waals surface area contributed by atoms with Crippen molar-refractivity contribution in [3.8, 4) is 0 Å². The lowest BCUT2D eigenvalue weighted by atomic mass is 9.71. The van der Waals surface area contributed by atoms with Crippen molar-refractivity contribution in [3.05, 3.63) is 35.4 Å². The van der Waals surface area contributed by atoms with E-state index >= 15 is 0 Å². The number of nitrogens with one attached hydrogen (secondary N) is 1. The first-order valence-corrected chi connectivity index (χ1v) is 7.13. The minimum Gasteiger partial charge on any atom is -0.316 e. The Balaban J connectivity index is 1.66. The fourth-order valence-electron chi connectivity index (χ4n) is 3.75. The molecule has 92 valence electrons. The molecule has 0 aromatic heterocycles. The molecule has 1 saturated carbocycles. The molecule has 0 spiro atoms. The molecule has 17 heavy (non-hydrogen) atoms. The molecule has 1 N–H and O–H groups in total. The summed E-state index contributed by atoms with van der Waals surface area (Å²) < 4.78 is 0. The second-order valence-corrected chi connectivity index (χ2v) is 5.79. The summed E-state index contributed by atoms with van der Waals surface area (Å²) in [6.07, 6.45) is 8.52. The molecule has 1 nitrogen and oxygen atoms in total. The molecule has 3 rings (SSSR count). The van der Waals surface area contributed by atoms with Crippen molar-refractivity contribution in [3.63, 3.8) is 0 Å². The Morgan fingerprint density at radius 1 is 1.24 bits per heavy atom. The van der Waals surface area contributed by atoms with Crippen LogP contribution in [0.15, 0.2) is 24.3 Å². The maximum Gasteiger partial charge on any atom is 0.0139 e. The van der Waals surface area contributed by atoms with E-state index < -0.39 is 0 Å². The number of fused-ring (bicyclic) bond motifs is 1. The number of likely N-dealkylation sites (N-methyl/N-ethyl adjacent to an activating group) is 1. The van der Waals surface area contributed by atoms with E-state index in [0.29, 0.717) is 6.04 Å². The lowest BCUT2D eigenvalue weighted by Crippen LogP contribution is -2.39. The lowest BCUT2D eigenvalue weighted by molar-refractivity contribution is 0.339. The zero-order chi connectivity index (χ0) is 11.7. The van der Waals surface area contributed by atoms with Gasteiger partial charge in [0.2, 0.25) is 0 Å². The third-order valence-corrected chi connectivity index (χ3v) is 4.81. The van der Waals surface area contributed by atoms with Crippen LogP contribution < -0.4 is 5.32 Å². The summed E-state index contributed by atoms with van der Waals surface area (Å²) in [4.78, 5) is 0. The number of benzene rings is 1. The predicted octanol–water partition coefficient (Wildman–Crippen LogP) is 3.49. The molecule has 2 aliphatic rings. The minimum atomic E-state index is 0.702. The number of hydrogen-bond donors (Lipinski definition) is 1. The van der Waals surface area contributed by atoms with Gasteiger partial charge in [-0.05, 0) is 36.9 Å². The van der Waals surface area contributed by atoms with Gasteiger partial charge in [-0.1, -0.05) is 49.9 Å². The molecule has 1 aromatic rings. The van der Waals surface area contributed by atoms with Crippen LogP contribution in [-0.4, -0.2) is 13.1 Å². The average molecular weight is 229 g/mol. The number of rotatable bonds is 4. The van der Waals surface area contributed by atoms with E-state index in [1.165, 1.54) is 38.5 Å². The van der Waals surface area contributed by atoms with Crippen molar-refractivity contribution in [1.29, 1.82) is 0 Å². The van der Waals surface area contributed by atoms with Gasteiger partial charge in [0.05, 0.1) is 0 Å². The van der Waals surface area contributed by atoms with Crippen LogP contribution in [0.5, 0.6) is 0 Å². The van der Waals surface area contributed by atoms with Crippen molar-refractivity contribution in [2.75, 3.05) is 7.05 Å². The SMILES string of the molecule is CNC(CC1CCCC1)C1Cc2ccccc21. The minimum absolute atomic E-state index is 0.702. The summed E-state index contributed by atoms with van der Waals surface area (Å²) in [5, 5.41) is 3.57. The molecule has 1 aromatic carbocycles. The number of hydrogen-bond acceptors (Lipinski definition) is 1. The fraction of sp³-hybridized carbons (Fsp3) is 0.625. The van der Waals surface area contributed by atoms with Crippen molar-refractivity contribution in [1.82, 2.24) is 5.32 Å². The summed E-state index contributed by atoms with van der Waals surface area (Å²) in [6, 6.07) is 9.66. The summed E-state index contributed by atoms with van der Waals surface area (Å²) >= 11 is 0. The Bertz CT molecular complexity index is 379. The van der Waals surface area contributed by atoms with Gasteiger partial charge in [-0.25, -0.2) is 0 Å². The van der Waals surface area contributed by atoms with Gasteiger partial charge >= 0.3 is 0 Å². The van der Waals surface area contributed by atoms with E-state index in [-0.39, 0.29) is 0 Å². The van der Waals surface area contributed by atoms with E-state index in [9.17, 15) is 0 Å². The maximum atomic E-state index is 3.57. The summed E-state index contributed by atoms with van der Waals surface area (Å²) in [5.74, 6) is 1.76. The van der Waals surface area contributed by atoms with Crippen LogP contribution in [0.25, 0.3) is 0 Å². The van der Waals surface area contributed by atoms with Gasteiger partial charge in [0, 0.05) is 12.0 Å². The zero-order valence-corrected chi connectivity index (χ0v) is 10.8. The Hall–Kier alpha value is -0.820. The molecule has 0 radical (unpaired) electrons. The van der Waals surface area contributed by atoms with Crippen molar-refractivity contribution in [2.45, 2.75) is 50.5 Å². The quantitative estimate of drug-likeness (QED) is 0.833. The predicted molar refractivity (Wildman–Crippen MR) is 72.3 cm³/mol. The lowest BCUT2D eigenvalue weighted by Gasteiger charge is -2.37. The summed E-state index contributed by atoms with van der Waals surface area (Å²) in [7, 11) is 2.14. The molecule has 2 aliphatic carbocycles. The molecule has 0 bridgehead atoms. The average Bonchev–Trinajstić information content (AvgIpc) is 2.82. The first-order valence-electron chi connectivity index (χ1n) is 7.13. The van der Waals surface area contributed by atoms with Gasteiger partial charge in [0.15, 0.2) is 0 Å². The Labute approximate surface area is 105 Å². The van der Waals surface area contributed by atoms with Gasteiger partial charge < -0.3 is 5.32 Å². The Kier molecular flexibility index (Phi) is 3.19. The van der Waals surface area contributed by atoms with E-state index in [1.807, 2.05) is 0 Å². The van der Waals surface area contributed by atoms with Crippen molar-refractivity contribution >= 4 is 0 Å². The molecular weight excluding hydrogens is 206 g/mol. The normalized spacial score (nSPS) is 25.4. The fourth-order valence-corrected chi connectivity index (χ4v) is 3.75. The molecule has 0 aliphatic heterocycles. The monoisotopic (exact) mass is 229 g/mol. The molecule has 1 heteroatoms. The van der Waals surface area contributed by atoms with Crippen LogP contribution in [-0.2, 0) is 6.42 Å². The summed E-state index contributed by atoms with van der Waals surface area (Å²) in [5.41, 5.74) is 3.18. The van der Waals surface area contributed by atoms with Crippen LogP contribution in [0, 0.1) is 5.92 Å². The third-order valence-electron chi connectivity index (χ3n) is 4.81. The van der Waals surface area contributed by atoms with Gasteiger partial charge in [-0.15, -0.1) is 0 Å². The first-order chi connectivity index (χ1) is 8.38. The maximum absolute atomic E-state index is 3.57. The van der Waals surface area contributed by atoms with Gasteiger partial charge in [-0.2, -0.15) is 0 Å². The van der Waals surface area contributed by atoms with Gasteiger partial charge in [-0.3, -0.25) is 0 Å². The largest absolute Gasteiger partial charge is 0.316 e.